The lowest BCUT2D eigenvalue weighted by atomic mass is 9.74. The Bertz CT molecular complexity index is 408. The van der Waals surface area contributed by atoms with Crippen molar-refractivity contribution in [3.8, 4) is 0 Å². The van der Waals surface area contributed by atoms with Crippen LogP contribution >= 0.6 is 0 Å². The maximum atomic E-state index is 3.80. The van der Waals surface area contributed by atoms with Crippen molar-refractivity contribution in [2.75, 3.05) is 6.54 Å². The SMILES string of the molecule is Cc1ccccc1C1CC(NCC(C(C)C)C(C)C)C1. The van der Waals surface area contributed by atoms with Crippen molar-refractivity contribution in [3.05, 3.63) is 35.4 Å². The summed E-state index contributed by atoms with van der Waals surface area (Å²) in [6.45, 7) is 12.8. The van der Waals surface area contributed by atoms with E-state index in [0.29, 0.717) is 0 Å². The molecule has 1 nitrogen and oxygen atoms in total. The van der Waals surface area contributed by atoms with Gasteiger partial charge in [0, 0.05) is 6.04 Å². The summed E-state index contributed by atoms with van der Waals surface area (Å²) in [5.74, 6) is 3.13. The number of rotatable bonds is 6. The topological polar surface area (TPSA) is 12.0 Å². The molecule has 0 aliphatic heterocycles. The fourth-order valence-electron chi connectivity index (χ4n) is 3.63. The van der Waals surface area contributed by atoms with E-state index in [0.717, 1.165) is 29.7 Å². The van der Waals surface area contributed by atoms with Gasteiger partial charge in [-0.15, -0.1) is 0 Å². The second-order valence-corrected chi connectivity index (χ2v) is 7.28. The highest BCUT2D eigenvalue weighted by Gasteiger charge is 2.31. The first kappa shape index (κ1) is 15.6. The molecule has 1 saturated carbocycles. The highest BCUT2D eigenvalue weighted by Crippen LogP contribution is 2.38. The zero-order chi connectivity index (χ0) is 14.7. The Hall–Kier alpha value is -0.820. The standard InChI is InChI=1S/C19H31N/c1-13(2)19(14(3)4)12-20-17-10-16(11-17)18-9-7-6-8-15(18)5/h6-9,13-14,16-17,19-20H,10-12H2,1-5H3. The van der Waals surface area contributed by atoms with Gasteiger partial charge < -0.3 is 5.32 Å². The van der Waals surface area contributed by atoms with E-state index >= 15 is 0 Å². The van der Waals surface area contributed by atoms with Crippen LogP contribution in [-0.2, 0) is 0 Å². The molecule has 2 rings (SSSR count). The maximum Gasteiger partial charge on any atom is 0.00788 e. The minimum absolute atomic E-state index is 0.736. The van der Waals surface area contributed by atoms with E-state index in [4.69, 9.17) is 0 Å². The molecule has 0 atom stereocenters. The molecule has 0 saturated heterocycles. The Kier molecular flexibility index (Phi) is 5.26. The highest BCUT2D eigenvalue weighted by atomic mass is 14.9. The molecule has 0 spiro atoms. The summed E-state index contributed by atoms with van der Waals surface area (Å²) in [6, 6.07) is 9.60. The molecular formula is C19H31N. The smallest absolute Gasteiger partial charge is 0.00788 e. The molecule has 1 aromatic rings. The van der Waals surface area contributed by atoms with Gasteiger partial charge in [-0.25, -0.2) is 0 Å². The summed E-state index contributed by atoms with van der Waals surface area (Å²) < 4.78 is 0. The molecule has 1 aliphatic carbocycles. The predicted molar refractivity (Wildman–Crippen MR) is 88.1 cm³/mol. The average molecular weight is 273 g/mol. The van der Waals surface area contributed by atoms with Gasteiger partial charge in [-0.05, 0) is 61.1 Å². The van der Waals surface area contributed by atoms with Crippen LogP contribution in [0.5, 0.6) is 0 Å². The zero-order valence-electron chi connectivity index (χ0n) is 13.8. The average Bonchev–Trinajstić information content (AvgIpc) is 2.32. The van der Waals surface area contributed by atoms with Crippen LogP contribution in [0.1, 0.15) is 57.6 Å². The van der Waals surface area contributed by atoms with Crippen molar-refractivity contribution in [1.29, 1.82) is 0 Å². The van der Waals surface area contributed by atoms with Crippen molar-refractivity contribution < 1.29 is 0 Å². The molecule has 0 bridgehead atoms. The lowest BCUT2D eigenvalue weighted by molar-refractivity contribution is 0.225. The molecule has 112 valence electrons. The van der Waals surface area contributed by atoms with Gasteiger partial charge in [-0.2, -0.15) is 0 Å². The van der Waals surface area contributed by atoms with E-state index in [2.05, 4.69) is 64.2 Å². The highest BCUT2D eigenvalue weighted by molar-refractivity contribution is 5.31. The summed E-state index contributed by atoms with van der Waals surface area (Å²) in [7, 11) is 0. The van der Waals surface area contributed by atoms with Gasteiger partial charge in [-0.1, -0.05) is 52.0 Å². The molecular weight excluding hydrogens is 242 g/mol. The van der Waals surface area contributed by atoms with Crippen LogP contribution in [0, 0.1) is 24.7 Å². The quantitative estimate of drug-likeness (QED) is 0.788. The van der Waals surface area contributed by atoms with Gasteiger partial charge in [0.15, 0.2) is 0 Å². The Morgan fingerprint density at radius 3 is 2.20 bits per heavy atom. The minimum atomic E-state index is 0.736. The third-order valence-corrected chi connectivity index (χ3v) is 5.12. The Morgan fingerprint density at radius 1 is 1.05 bits per heavy atom. The van der Waals surface area contributed by atoms with Crippen LogP contribution in [0.4, 0.5) is 0 Å². The van der Waals surface area contributed by atoms with Gasteiger partial charge in [0.25, 0.3) is 0 Å². The van der Waals surface area contributed by atoms with Crippen LogP contribution in [0.2, 0.25) is 0 Å². The van der Waals surface area contributed by atoms with Crippen LogP contribution in [-0.4, -0.2) is 12.6 Å². The van der Waals surface area contributed by atoms with E-state index in [-0.39, 0.29) is 0 Å². The zero-order valence-corrected chi connectivity index (χ0v) is 13.8. The number of hydrogen-bond acceptors (Lipinski definition) is 1. The van der Waals surface area contributed by atoms with E-state index in [1.54, 1.807) is 5.56 Å². The van der Waals surface area contributed by atoms with Gasteiger partial charge in [0.05, 0.1) is 0 Å². The molecule has 1 fully saturated rings. The monoisotopic (exact) mass is 273 g/mol. The number of hydrogen-bond donors (Lipinski definition) is 1. The minimum Gasteiger partial charge on any atom is -0.314 e. The van der Waals surface area contributed by atoms with E-state index < -0.39 is 0 Å². The molecule has 0 radical (unpaired) electrons. The lowest BCUT2D eigenvalue weighted by Crippen LogP contribution is -2.43. The summed E-state index contributed by atoms with van der Waals surface area (Å²) in [5.41, 5.74) is 3.02. The van der Waals surface area contributed by atoms with E-state index in [1.165, 1.54) is 24.9 Å². The van der Waals surface area contributed by atoms with E-state index in [9.17, 15) is 0 Å². The van der Waals surface area contributed by atoms with Crippen molar-refractivity contribution in [2.45, 2.75) is 59.4 Å². The van der Waals surface area contributed by atoms with Crippen molar-refractivity contribution in [2.24, 2.45) is 17.8 Å². The summed E-state index contributed by atoms with van der Waals surface area (Å²) in [4.78, 5) is 0. The van der Waals surface area contributed by atoms with E-state index in [1.807, 2.05) is 0 Å². The summed E-state index contributed by atoms with van der Waals surface area (Å²) in [5, 5.41) is 3.80. The molecule has 0 aromatic heterocycles. The van der Waals surface area contributed by atoms with Gasteiger partial charge in [0.1, 0.15) is 0 Å². The molecule has 1 aromatic carbocycles. The van der Waals surface area contributed by atoms with Crippen LogP contribution in [0.3, 0.4) is 0 Å². The third-order valence-electron chi connectivity index (χ3n) is 5.12. The second-order valence-electron chi connectivity index (χ2n) is 7.28. The fraction of sp³-hybridized carbons (Fsp3) is 0.684. The molecule has 20 heavy (non-hydrogen) atoms. The maximum absolute atomic E-state index is 3.80. The van der Waals surface area contributed by atoms with Crippen LogP contribution in [0.25, 0.3) is 0 Å². The second kappa shape index (κ2) is 6.76. The van der Waals surface area contributed by atoms with Gasteiger partial charge >= 0.3 is 0 Å². The Balaban J connectivity index is 1.78. The number of benzene rings is 1. The normalized spacial score (nSPS) is 22.6. The Labute approximate surface area is 125 Å². The molecule has 0 heterocycles. The number of nitrogens with one attached hydrogen (secondary N) is 1. The van der Waals surface area contributed by atoms with Crippen LogP contribution in [0.15, 0.2) is 24.3 Å². The lowest BCUT2D eigenvalue weighted by Gasteiger charge is -2.39. The number of aryl methyl sites for hydroxylation is 1. The van der Waals surface area contributed by atoms with Crippen molar-refractivity contribution in [1.82, 2.24) is 5.32 Å². The first-order valence-electron chi connectivity index (χ1n) is 8.28. The van der Waals surface area contributed by atoms with Crippen molar-refractivity contribution in [3.63, 3.8) is 0 Å². The predicted octanol–water partition coefficient (Wildman–Crippen LogP) is 4.76. The fourth-order valence-corrected chi connectivity index (χ4v) is 3.63. The molecule has 1 aliphatic rings. The van der Waals surface area contributed by atoms with Gasteiger partial charge in [-0.3, -0.25) is 0 Å². The summed E-state index contributed by atoms with van der Waals surface area (Å²) >= 11 is 0. The molecule has 0 amide bonds. The largest absolute Gasteiger partial charge is 0.314 e. The van der Waals surface area contributed by atoms with Crippen LogP contribution < -0.4 is 5.32 Å². The summed E-state index contributed by atoms with van der Waals surface area (Å²) in [6.07, 6.45) is 2.63. The first-order chi connectivity index (χ1) is 9.49. The first-order valence-corrected chi connectivity index (χ1v) is 8.28. The van der Waals surface area contributed by atoms with Gasteiger partial charge in [0.2, 0.25) is 0 Å². The van der Waals surface area contributed by atoms with Crippen molar-refractivity contribution >= 4 is 0 Å². The third kappa shape index (κ3) is 3.63. The Morgan fingerprint density at radius 2 is 1.65 bits per heavy atom. The molecule has 1 N–H and O–H groups in total. The molecule has 1 heteroatoms. The molecule has 0 unspecified atom stereocenters.